The number of nitrogens with zero attached hydrogens (tertiary/aromatic N) is 1. The molecule has 2 N–H and O–H groups in total. The van der Waals surface area contributed by atoms with E-state index < -0.39 is 24.2 Å². The fourth-order valence-electron chi connectivity index (χ4n) is 3.65. The molecule has 0 spiro atoms. The van der Waals surface area contributed by atoms with Crippen molar-refractivity contribution in [3.8, 4) is 5.69 Å². The van der Waals surface area contributed by atoms with Crippen LogP contribution in [0.2, 0.25) is 0 Å². The maximum absolute atomic E-state index is 13.7. The van der Waals surface area contributed by atoms with Crippen molar-refractivity contribution in [3.63, 3.8) is 0 Å². The number of Topliss-reactive ketones (excluding diaryl/α,β-unsaturated/α-hetero) is 1. The van der Waals surface area contributed by atoms with Crippen molar-refractivity contribution in [2.45, 2.75) is 27.7 Å². The number of aromatic nitrogens is 1. The van der Waals surface area contributed by atoms with E-state index >= 15 is 0 Å². The lowest BCUT2D eigenvalue weighted by Crippen LogP contribution is -2.16. The maximum Gasteiger partial charge on any atom is 0.338 e. The van der Waals surface area contributed by atoms with Gasteiger partial charge in [-0.2, -0.15) is 0 Å². The van der Waals surface area contributed by atoms with Crippen molar-refractivity contribution >= 4 is 34.9 Å². The smallest absolute Gasteiger partial charge is 0.338 e. The number of hydrogen-bond acceptors (Lipinski definition) is 5. The van der Waals surface area contributed by atoms with Gasteiger partial charge in [-0.1, -0.05) is 6.07 Å². The minimum atomic E-state index is -0.800. The summed E-state index contributed by atoms with van der Waals surface area (Å²) in [5.41, 5.74) is 2.86. The predicted octanol–water partition coefficient (Wildman–Crippen LogP) is 4.19. The van der Waals surface area contributed by atoms with Crippen LogP contribution < -0.4 is 10.6 Å². The zero-order valence-electron chi connectivity index (χ0n) is 19.2. The van der Waals surface area contributed by atoms with Crippen LogP contribution in [0.1, 0.15) is 46.0 Å². The van der Waals surface area contributed by atoms with Crippen molar-refractivity contribution in [1.82, 2.24) is 4.57 Å². The summed E-state index contributed by atoms with van der Waals surface area (Å²) in [5.74, 6) is -2.34. The molecule has 34 heavy (non-hydrogen) atoms. The van der Waals surface area contributed by atoms with Crippen LogP contribution in [0.3, 0.4) is 0 Å². The van der Waals surface area contributed by atoms with Crippen LogP contribution in [0.5, 0.6) is 0 Å². The molecule has 0 bridgehead atoms. The van der Waals surface area contributed by atoms with E-state index in [2.05, 4.69) is 10.6 Å². The standard InChI is InChI=1S/C25H24FN3O5/c1-14-8-23(15(2)29(14)22-7-5-6-19(26)11-22)24(32)13-34-25(33)18-9-20(27-16(3)30)12-21(10-18)28-17(4)31/h5-12H,13H2,1-4H3,(H,27,30)(H,28,31). The Hall–Kier alpha value is -4.27. The van der Waals surface area contributed by atoms with Crippen LogP contribution in [0.4, 0.5) is 15.8 Å². The number of ether oxygens (including phenoxy) is 1. The SMILES string of the molecule is CC(=O)Nc1cc(NC(C)=O)cc(C(=O)OCC(=O)c2cc(C)n(-c3cccc(F)c3)c2C)c1. The van der Waals surface area contributed by atoms with Gasteiger partial charge >= 0.3 is 5.97 Å². The molecule has 9 heteroatoms. The van der Waals surface area contributed by atoms with E-state index in [9.17, 15) is 23.6 Å². The molecule has 3 rings (SSSR count). The number of benzene rings is 2. The highest BCUT2D eigenvalue weighted by atomic mass is 19.1. The molecule has 0 aliphatic carbocycles. The normalized spacial score (nSPS) is 10.5. The third-order valence-electron chi connectivity index (χ3n) is 4.94. The fourth-order valence-corrected chi connectivity index (χ4v) is 3.65. The lowest BCUT2D eigenvalue weighted by molar-refractivity contribution is -0.115. The van der Waals surface area contributed by atoms with Gasteiger partial charge in [0.2, 0.25) is 17.6 Å². The van der Waals surface area contributed by atoms with Gasteiger partial charge in [0.15, 0.2) is 6.61 Å². The van der Waals surface area contributed by atoms with Gasteiger partial charge in [-0.3, -0.25) is 14.4 Å². The van der Waals surface area contributed by atoms with Crippen molar-refractivity contribution in [2.24, 2.45) is 0 Å². The summed E-state index contributed by atoms with van der Waals surface area (Å²) in [6.07, 6.45) is 0. The van der Waals surface area contributed by atoms with Crippen molar-refractivity contribution in [1.29, 1.82) is 0 Å². The number of halogens is 1. The molecular formula is C25H24FN3O5. The Morgan fingerprint density at radius 3 is 2.09 bits per heavy atom. The quantitative estimate of drug-likeness (QED) is 0.402. The van der Waals surface area contributed by atoms with Gasteiger partial charge in [-0.25, -0.2) is 9.18 Å². The molecule has 8 nitrogen and oxygen atoms in total. The van der Waals surface area contributed by atoms with Crippen LogP contribution >= 0.6 is 0 Å². The summed E-state index contributed by atoms with van der Waals surface area (Å²) in [6.45, 7) is 5.61. The Labute approximate surface area is 195 Å². The minimum Gasteiger partial charge on any atom is -0.454 e. The Morgan fingerprint density at radius 1 is 0.912 bits per heavy atom. The highest BCUT2D eigenvalue weighted by molar-refractivity contribution is 6.02. The zero-order valence-corrected chi connectivity index (χ0v) is 19.2. The Balaban J connectivity index is 1.79. The van der Waals surface area contributed by atoms with Crippen LogP contribution in [0, 0.1) is 19.7 Å². The third kappa shape index (κ3) is 5.74. The first kappa shape index (κ1) is 24.4. The number of anilines is 2. The van der Waals surface area contributed by atoms with Gasteiger partial charge < -0.3 is 19.9 Å². The Kier molecular flexibility index (Phi) is 7.25. The van der Waals surface area contributed by atoms with Crippen molar-refractivity contribution < 1.29 is 28.3 Å². The van der Waals surface area contributed by atoms with Crippen molar-refractivity contribution in [3.05, 3.63) is 76.9 Å². The number of aryl methyl sites for hydroxylation is 1. The van der Waals surface area contributed by atoms with Crippen LogP contribution in [0.15, 0.2) is 48.5 Å². The minimum absolute atomic E-state index is 0.0491. The van der Waals surface area contributed by atoms with Crippen LogP contribution in [-0.4, -0.2) is 34.7 Å². The van der Waals surface area contributed by atoms with E-state index in [1.807, 2.05) is 0 Å². The molecule has 0 saturated carbocycles. The number of hydrogen-bond donors (Lipinski definition) is 2. The molecule has 0 saturated heterocycles. The number of carbonyl (C=O) groups excluding carboxylic acids is 4. The molecule has 0 atom stereocenters. The first-order valence-electron chi connectivity index (χ1n) is 10.4. The summed E-state index contributed by atoms with van der Waals surface area (Å²) in [6, 6.07) is 11.9. The van der Waals surface area contributed by atoms with E-state index in [-0.39, 0.29) is 28.8 Å². The van der Waals surface area contributed by atoms with E-state index in [0.29, 0.717) is 16.9 Å². The number of esters is 1. The van der Waals surface area contributed by atoms with Gasteiger partial charge in [0.25, 0.3) is 0 Å². The second-order valence-corrected chi connectivity index (χ2v) is 7.76. The summed E-state index contributed by atoms with van der Waals surface area (Å²) in [7, 11) is 0. The lowest BCUT2D eigenvalue weighted by Gasteiger charge is -2.11. The topological polar surface area (TPSA) is 107 Å². The molecule has 176 valence electrons. The second kappa shape index (κ2) is 10.1. The molecule has 0 radical (unpaired) electrons. The number of amides is 2. The van der Waals surface area contributed by atoms with E-state index in [0.717, 1.165) is 5.69 Å². The third-order valence-corrected chi connectivity index (χ3v) is 4.94. The van der Waals surface area contributed by atoms with E-state index in [4.69, 9.17) is 4.74 Å². The van der Waals surface area contributed by atoms with Gasteiger partial charge in [-0.05, 0) is 56.3 Å². The molecule has 1 heterocycles. The number of nitrogens with one attached hydrogen (secondary N) is 2. The molecule has 2 aromatic carbocycles. The first-order valence-corrected chi connectivity index (χ1v) is 10.4. The lowest BCUT2D eigenvalue weighted by atomic mass is 10.1. The van der Waals surface area contributed by atoms with Crippen LogP contribution in [-0.2, 0) is 14.3 Å². The van der Waals surface area contributed by atoms with Crippen LogP contribution in [0.25, 0.3) is 5.69 Å². The highest BCUT2D eigenvalue weighted by Crippen LogP contribution is 2.23. The average Bonchev–Trinajstić information content (AvgIpc) is 3.04. The number of rotatable bonds is 7. The summed E-state index contributed by atoms with van der Waals surface area (Å²) in [4.78, 5) is 48.2. The molecule has 0 fully saturated rings. The molecular weight excluding hydrogens is 441 g/mol. The summed E-state index contributed by atoms with van der Waals surface area (Å²) in [5, 5.41) is 5.09. The predicted molar refractivity (Wildman–Crippen MR) is 125 cm³/mol. The van der Waals surface area contributed by atoms with Gasteiger partial charge in [0, 0.05) is 47.9 Å². The highest BCUT2D eigenvalue weighted by Gasteiger charge is 2.19. The Morgan fingerprint density at radius 2 is 1.53 bits per heavy atom. The molecule has 2 amide bonds. The van der Waals surface area contributed by atoms with E-state index in [1.165, 1.54) is 44.2 Å². The molecule has 0 aliphatic heterocycles. The Bertz CT molecular complexity index is 1260. The molecule has 1 aromatic heterocycles. The zero-order chi connectivity index (χ0) is 25.0. The fraction of sp³-hybridized carbons (Fsp3) is 0.200. The summed E-state index contributed by atoms with van der Waals surface area (Å²) < 4.78 is 20.6. The number of ketones is 1. The van der Waals surface area contributed by atoms with Gasteiger partial charge in [0.1, 0.15) is 5.82 Å². The van der Waals surface area contributed by atoms with Gasteiger partial charge in [0.05, 0.1) is 5.56 Å². The first-order chi connectivity index (χ1) is 16.0. The average molecular weight is 465 g/mol. The molecule has 0 aliphatic rings. The molecule has 3 aromatic rings. The van der Waals surface area contributed by atoms with Crippen molar-refractivity contribution in [2.75, 3.05) is 17.2 Å². The number of carbonyl (C=O) groups is 4. The summed E-state index contributed by atoms with van der Waals surface area (Å²) >= 11 is 0. The monoisotopic (exact) mass is 465 g/mol. The maximum atomic E-state index is 13.7. The molecule has 0 unspecified atom stereocenters. The second-order valence-electron chi connectivity index (χ2n) is 7.76. The van der Waals surface area contributed by atoms with E-state index in [1.54, 1.807) is 36.6 Å². The largest absolute Gasteiger partial charge is 0.454 e. The van der Waals surface area contributed by atoms with Gasteiger partial charge in [-0.15, -0.1) is 0 Å².